The Labute approximate surface area is 265 Å². The minimum atomic E-state index is -2.22. The third kappa shape index (κ3) is 8.83. The summed E-state index contributed by atoms with van der Waals surface area (Å²) in [4.78, 5) is 55.6. The monoisotopic (exact) mass is 632 g/mol. The summed E-state index contributed by atoms with van der Waals surface area (Å²) in [6.07, 6.45) is 11.0. The molecule has 0 bridgehead atoms. The summed E-state index contributed by atoms with van der Waals surface area (Å²) in [5.41, 5.74) is -0.936. The Kier molecular flexibility index (Phi) is 12.5. The molecular weight excluding hydrogens is 576 g/mol. The van der Waals surface area contributed by atoms with Gasteiger partial charge in [0.25, 0.3) is 0 Å². The summed E-state index contributed by atoms with van der Waals surface area (Å²) in [7, 11) is -0.885. The lowest BCUT2D eigenvalue weighted by Crippen LogP contribution is -2.52. The molecule has 2 aliphatic carbocycles. The molecule has 3 aliphatic rings. The van der Waals surface area contributed by atoms with Crippen LogP contribution in [0.1, 0.15) is 97.8 Å². The van der Waals surface area contributed by atoms with Crippen molar-refractivity contribution >= 4 is 32.1 Å². The van der Waals surface area contributed by atoms with Crippen LogP contribution in [0.2, 0.25) is 18.1 Å². The molecule has 10 heteroatoms. The van der Waals surface area contributed by atoms with Crippen molar-refractivity contribution in [2.24, 2.45) is 11.3 Å². The number of Topliss-reactive ketones (excluding diaryl/α,β-unsaturated/α-hetero) is 1. The molecule has 0 unspecified atom stereocenters. The van der Waals surface area contributed by atoms with Crippen LogP contribution in [0.5, 0.6) is 0 Å². The highest BCUT2D eigenvalue weighted by atomic mass is 28.4. The number of amides is 2. The molecule has 1 N–H and O–H groups in total. The number of carbonyl (C=O) groups is 4. The van der Waals surface area contributed by atoms with Gasteiger partial charge in [-0.3, -0.25) is 14.4 Å². The van der Waals surface area contributed by atoms with Crippen LogP contribution in [-0.2, 0) is 28.3 Å². The number of carbonyl (C=O) groups excluding carboxylic acids is 4. The van der Waals surface area contributed by atoms with Crippen LogP contribution in [-0.4, -0.2) is 74.9 Å². The number of alkyl carbamates (subject to hydrolysis) is 1. The zero-order valence-electron chi connectivity index (χ0n) is 28.0. The molecule has 2 amide bonds. The normalized spacial score (nSPS) is 26.1. The van der Waals surface area contributed by atoms with Crippen LogP contribution in [0, 0.1) is 11.3 Å². The van der Waals surface area contributed by atoms with Crippen molar-refractivity contribution in [1.82, 2.24) is 10.2 Å². The summed E-state index contributed by atoms with van der Waals surface area (Å²) in [5, 5.41) is 2.81. The van der Waals surface area contributed by atoms with Crippen molar-refractivity contribution in [2.45, 2.75) is 140 Å². The van der Waals surface area contributed by atoms with Gasteiger partial charge < -0.3 is 24.1 Å². The number of rotatable bonds is 16. The van der Waals surface area contributed by atoms with Gasteiger partial charge in [-0.05, 0) is 75.4 Å². The fourth-order valence-electron chi connectivity index (χ4n) is 6.41. The molecule has 0 spiro atoms. The van der Waals surface area contributed by atoms with Gasteiger partial charge in [-0.2, -0.15) is 0 Å². The summed E-state index contributed by atoms with van der Waals surface area (Å²) < 4.78 is 17.4. The maximum atomic E-state index is 14.3. The number of hydrogen-bond acceptors (Lipinski definition) is 7. The summed E-state index contributed by atoms with van der Waals surface area (Å²) in [6, 6.07) is -1.59. The minimum absolute atomic E-state index is 0.0268. The molecule has 1 heterocycles. The number of allylic oxidation sites excluding steroid dienone is 2. The van der Waals surface area contributed by atoms with E-state index in [1.165, 1.54) is 7.11 Å². The molecule has 1 saturated heterocycles. The molecule has 5 atom stereocenters. The van der Waals surface area contributed by atoms with Gasteiger partial charge in [0.15, 0.2) is 14.1 Å². The van der Waals surface area contributed by atoms with Crippen LogP contribution in [0.4, 0.5) is 4.79 Å². The predicted molar refractivity (Wildman–Crippen MR) is 174 cm³/mol. The lowest BCUT2D eigenvalue weighted by molar-refractivity contribution is -0.150. The Morgan fingerprint density at radius 1 is 1.07 bits per heavy atom. The average Bonchev–Trinajstić information content (AvgIpc) is 3.24. The second kappa shape index (κ2) is 15.2. The van der Waals surface area contributed by atoms with Gasteiger partial charge in [-0.25, -0.2) is 4.79 Å². The molecule has 0 aromatic carbocycles. The van der Waals surface area contributed by atoms with Crippen molar-refractivity contribution in [3.8, 4) is 0 Å². The van der Waals surface area contributed by atoms with Gasteiger partial charge >= 0.3 is 12.1 Å². The quantitative estimate of drug-likeness (QED) is 0.0898. The van der Waals surface area contributed by atoms with Gasteiger partial charge in [0.2, 0.25) is 5.91 Å². The number of hydrogen-bond donors (Lipinski definition) is 1. The molecule has 0 aromatic rings. The van der Waals surface area contributed by atoms with Crippen molar-refractivity contribution in [3.05, 3.63) is 25.3 Å². The Hall–Kier alpha value is -2.46. The van der Waals surface area contributed by atoms with Crippen molar-refractivity contribution in [1.29, 1.82) is 0 Å². The first kappa shape index (κ1) is 36.0. The van der Waals surface area contributed by atoms with E-state index in [9.17, 15) is 19.2 Å². The fourth-order valence-corrected chi connectivity index (χ4v) is 7.77. The van der Waals surface area contributed by atoms with E-state index in [4.69, 9.17) is 13.9 Å². The summed E-state index contributed by atoms with van der Waals surface area (Å²) >= 11 is 0. The standard InChI is InChI=1S/C34H56N2O7Si/c1-9-11-12-13-14-19-27(35-32(40)42-25-17-15-16-18-25)30(38)36-23-26(43-44(7,8)33(3,4)5)20-28(36)29(37)22-34(31(39)41-6)21-24(34)10-2/h9-10,24-28H,1-2,11-23H2,3-8H3,(H,35,40)/t24-,26-,27+,28+,34-/m1/s1. The molecule has 3 rings (SSSR count). The number of unbranched alkanes of at least 4 members (excludes halogenated alkanes) is 3. The molecule has 248 valence electrons. The number of methoxy groups -OCH3 is 1. The molecule has 44 heavy (non-hydrogen) atoms. The zero-order chi connectivity index (χ0) is 32.7. The predicted octanol–water partition coefficient (Wildman–Crippen LogP) is 6.48. The highest BCUT2D eigenvalue weighted by Gasteiger charge is 2.61. The second-order valence-electron chi connectivity index (χ2n) is 14.5. The first-order valence-electron chi connectivity index (χ1n) is 16.5. The van der Waals surface area contributed by atoms with E-state index in [2.05, 4.69) is 52.3 Å². The highest BCUT2D eigenvalue weighted by Crippen LogP contribution is 2.57. The fraction of sp³-hybridized carbons (Fsp3) is 0.765. The Balaban J connectivity index is 1.84. The van der Waals surface area contributed by atoms with Gasteiger partial charge in [-0.15, -0.1) is 13.2 Å². The Morgan fingerprint density at radius 2 is 1.75 bits per heavy atom. The highest BCUT2D eigenvalue weighted by molar-refractivity contribution is 6.74. The molecule has 0 aromatic heterocycles. The van der Waals surface area contributed by atoms with Crippen LogP contribution in [0.3, 0.4) is 0 Å². The van der Waals surface area contributed by atoms with E-state index < -0.39 is 37.9 Å². The average molecular weight is 633 g/mol. The number of ether oxygens (including phenoxy) is 2. The number of ketones is 1. The maximum Gasteiger partial charge on any atom is 0.408 e. The number of nitrogens with zero attached hydrogens (tertiary/aromatic N) is 1. The van der Waals surface area contributed by atoms with E-state index in [0.717, 1.165) is 51.4 Å². The molecule has 9 nitrogen and oxygen atoms in total. The minimum Gasteiger partial charge on any atom is -0.469 e. The first-order chi connectivity index (χ1) is 20.7. The van der Waals surface area contributed by atoms with Gasteiger partial charge in [0.1, 0.15) is 12.1 Å². The van der Waals surface area contributed by atoms with E-state index in [1.807, 2.05) is 6.08 Å². The van der Waals surface area contributed by atoms with Crippen molar-refractivity contribution in [3.63, 3.8) is 0 Å². The summed E-state index contributed by atoms with van der Waals surface area (Å²) in [5.74, 6) is -1.05. The first-order valence-corrected chi connectivity index (χ1v) is 19.4. The van der Waals surface area contributed by atoms with Crippen LogP contribution < -0.4 is 5.32 Å². The second-order valence-corrected chi connectivity index (χ2v) is 19.3. The van der Waals surface area contributed by atoms with E-state index in [-0.39, 0.29) is 47.8 Å². The zero-order valence-corrected chi connectivity index (χ0v) is 29.0. The maximum absolute atomic E-state index is 14.3. The molecular formula is C34H56N2O7Si. The molecule has 3 fully saturated rings. The lowest BCUT2D eigenvalue weighted by atomic mass is 9.92. The van der Waals surface area contributed by atoms with Crippen molar-refractivity contribution < 1.29 is 33.1 Å². The lowest BCUT2D eigenvalue weighted by Gasteiger charge is -2.38. The van der Waals surface area contributed by atoms with Gasteiger partial charge in [0, 0.05) is 19.4 Å². The number of esters is 1. The number of nitrogens with one attached hydrogen (secondary N) is 1. The van der Waals surface area contributed by atoms with Gasteiger partial charge in [0.05, 0.1) is 24.7 Å². The van der Waals surface area contributed by atoms with E-state index in [1.54, 1.807) is 11.0 Å². The Morgan fingerprint density at radius 3 is 2.32 bits per heavy atom. The third-order valence-electron chi connectivity index (χ3n) is 10.3. The number of likely N-dealkylation sites (tertiary alicyclic amines) is 1. The SMILES string of the molecule is C=CCCCCC[C@H](NC(=O)OC1CCCC1)C(=O)N1C[C@H](O[Si](C)(C)C(C)(C)C)C[C@H]1C(=O)C[C@]1(C(=O)OC)C[C@H]1C=C. The largest absolute Gasteiger partial charge is 0.469 e. The van der Waals surface area contributed by atoms with Crippen LogP contribution in [0.25, 0.3) is 0 Å². The molecule has 0 radical (unpaired) electrons. The van der Waals surface area contributed by atoms with Crippen LogP contribution in [0.15, 0.2) is 25.3 Å². The van der Waals surface area contributed by atoms with Gasteiger partial charge in [-0.1, -0.05) is 45.8 Å². The summed E-state index contributed by atoms with van der Waals surface area (Å²) in [6.45, 7) is 18.7. The molecule has 1 aliphatic heterocycles. The molecule has 2 saturated carbocycles. The third-order valence-corrected chi connectivity index (χ3v) is 14.8. The van der Waals surface area contributed by atoms with E-state index in [0.29, 0.717) is 19.3 Å². The smallest absolute Gasteiger partial charge is 0.408 e. The van der Waals surface area contributed by atoms with Crippen molar-refractivity contribution in [2.75, 3.05) is 13.7 Å². The topological polar surface area (TPSA) is 111 Å². The Bertz CT molecular complexity index is 1060. The van der Waals surface area contributed by atoms with Crippen LogP contribution >= 0.6 is 0 Å². The van der Waals surface area contributed by atoms with E-state index >= 15 is 0 Å².